The first kappa shape index (κ1) is 25.0. The van der Waals surface area contributed by atoms with Crippen molar-refractivity contribution in [3.05, 3.63) is 23.8 Å². The SMILES string of the molecule is C=C1CCC2C(C)(C)CCC[C@@]2(C)[C@@H]1CC/C(C)=C/COP(=O)([O-])OP(=O)([O-])[O-]. The van der Waals surface area contributed by atoms with E-state index in [-0.39, 0.29) is 12.0 Å². The van der Waals surface area contributed by atoms with E-state index in [1.54, 1.807) is 6.08 Å². The van der Waals surface area contributed by atoms with E-state index in [4.69, 9.17) is 0 Å². The maximum atomic E-state index is 11.3. The average Bonchev–Trinajstić information content (AvgIpc) is 2.50. The van der Waals surface area contributed by atoms with E-state index in [0.29, 0.717) is 17.3 Å². The molecule has 0 N–H and O–H groups in total. The topological polar surface area (TPSA) is 122 Å². The molecule has 2 aliphatic rings. The molecule has 2 unspecified atom stereocenters. The van der Waals surface area contributed by atoms with Gasteiger partial charge >= 0.3 is 0 Å². The summed E-state index contributed by atoms with van der Waals surface area (Å²) in [4.78, 5) is 32.1. The van der Waals surface area contributed by atoms with Crippen molar-refractivity contribution in [3.8, 4) is 0 Å². The summed E-state index contributed by atoms with van der Waals surface area (Å²) in [6, 6.07) is 0. The minimum absolute atomic E-state index is 0.232. The summed E-state index contributed by atoms with van der Waals surface area (Å²) in [5.74, 6) is 1.09. The van der Waals surface area contributed by atoms with Crippen LogP contribution in [0.2, 0.25) is 0 Å². The van der Waals surface area contributed by atoms with Crippen LogP contribution in [0.15, 0.2) is 23.8 Å². The standard InChI is InChI=1S/C20H36O7P2/c1-15(11-14-26-29(24,25)27-28(21,22)23)7-9-17-16(2)8-10-18-19(3,4)12-6-13-20(17,18)5/h11,17-18H,2,6-10,12-14H2,1,3-5H3,(H,24,25)(H2,21,22,23)/p-3/b15-11+/t17-,18?,20+/m1/s1. The van der Waals surface area contributed by atoms with Crippen LogP contribution in [-0.2, 0) is 18.0 Å². The third-order valence-corrected chi connectivity index (χ3v) is 9.08. The minimum atomic E-state index is -5.65. The second-order valence-corrected chi connectivity index (χ2v) is 12.2. The largest absolute Gasteiger partial charge is 0.790 e. The van der Waals surface area contributed by atoms with Gasteiger partial charge in [0.05, 0.1) is 14.4 Å². The fraction of sp³-hybridized carbons (Fsp3) is 0.800. The van der Waals surface area contributed by atoms with Gasteiger partial charge in [-0.25, -0.2) is 0 Å². The fourth-order valence-corrected chi connectivity index (χ4v) is 7.12. The molecule has 0 aliphatic heterocycles. The monoisotopic (exact) mass is 447 g/mol. The summed E-state index contributed by atoms with van der Waals surface area (Å²) in [7, 11) is -10.8. The molecule has 0 saturated heterocycles. The Hall–Kier alpha value is -0.260. The average molecular weight is 447 g/mol. The zero-order chi connectivity index (χ0) is 22.1. The number of phosphoric ester groups is 1. The third kappa shape index (κ3) is 6.61. The molecular formula is C20H33O7P2-3. The van der Waals surface area contributed by atoms with Gasteiger partial charge in [0.1, 0.15) is 0 Å². The van der Waals surface area contributed by atoms with Gasteiger partial charge in [-0.1, -0.05) is 51.0 Å². The number of hydrogen-bond acceptors (Lipinski definition) is 7. The molecule has 0 bridgehead atoms. The molecule has 0 aromatic rings. The summed E-state index contributed by atoms with van der Waals surface area (Å²) in [6.07, 6.45) is 9.23. The predicted molar refractivity (Wildman–Crippen MR) is 106 cm³/mol. The van der Waals surface area contributed by atoms with Crippen molar-refractivity contribution in [3.63, 3.8) is 0 Å². The molecule has 2 fully saturated rings. The van der Waals surface area contributed by atoms with Crippen molar-refractivity contribution in [2.75, 3.05) is 6.61 Å². The van der Waals surface area contributed by atoms with Gasteiger partial charge < -0.3 is 23.8 Å². The zero-order valence-corrected chi connectivity index (χ0v) is 19.6. The van der Waals surface area contributed by atoms with Crippen LogP contribution in [0.4, 0.5) is 0 Å². The van der Waals surface area contributed by atoms with Gasteiger partial charge in [0.2, 0.25) is 0 Å². The van der Waals surface area contributed by atoms with Crippen LogP contribution in [0.5, 0.6) is 0 Å². The Kier molecular flexibility index (Phi) is 7.83. The molecule has 0 spiro atoms. The van der Waals surface area contributed by atoms with E-state index in [9.17, 15) is 23.8 Å². The molecule has 0 aromatic heterocycles. The molecule has 0 aromatic carbocycles. The lowest BCUT2D eigenvalue weighted by Crippen LogP contribution is -2.49. The molecule has 0 radical (unpaired) electrons. The highest BCUT2D eigenvalue weighted by molar-refractivity contribution is 7.58. The molecule has 7 nitrogen and oxygen atoms in total. The van der Waals surface area contributed by atoms with Crippen LogP contribution in [0.3, 0.4) is 0 Å². The highest BCUT2D eigenvalue weighted by Crippen LogP contribution is 2.61. The second kappa shape index (κ2) is 9.08. The van der Waals surface area contributed by atoms with E-state index in [1.165, 1.54) is 31.3 Å². The van der Waals surface area contributed by atoms with E-state index in [0.717, 1.165) is 24.8 Å². The fourth-order valence-electron chi connectivity index (χ4n) is 5.70. The number of phosphoric acid groups is 2. The zero-order valence-electron chi connectivity index (χ0n) is 17.8. The number of hydrogen-bond donors (Lipinski definition) is 0. The number of rotatable bonds is 8. The molecule has 2 saturated carbocycles. The Morgan fingerprint density at radius 1 is 1.24 bits per heavy atom. The lowest BCUT2D eigenvalue weighted by Gasteiger charge is -2.58. The summed E-state index contributed by atoms with van der Waals surface area (Å²) in [6.45, 7) is 13.0. The summed E-state index contributed by atoms with van der Waals surface area (Å²) in [5.41, 5.74) is 2.81. The van der Waals surface area contributed by atoms with Gasteiger partial charge in [-0.2, -0.15) is 0 Å². The van der Waals surface area contributed by atoms with E-state index < -0.39 is 15.6 Å². The van der Waals surface area contributed by atoms with E-state index in [1.807, 2.05) is 6.92 Å². The van der Waals surface area contributed by atoms with Gasteiger partial charge in [-0.15, -0.1) is 0 Å². The summed E-state index contributed by atoms with van der Waals surface area (Å²) >= 11 is 0. The highest BCUT2D eigenvalue weighted by atomic mass is 31.3. The van der Waals surface area contributed by atoms with Crippen molar-refractivity contribution < 1.29 is 32.6 Å². The smallest absolute Gasteiger partial charge is 0.272 e. The van der Waals surface area contributed by atoms with Crippen LogP contribution in [0, 0.1) is 22.7 Å². The van der Waals surface area contributed by atoms with Crippen LogP contribution in [-0.4, -0.2) is 6.61 Å². The minimum Gasteiger partial charge on any atom is -0.790 e. The molecule has 0 heterocycles. The Labute approximate surface area is 174 Å². The Morgan fingerprint density at radius 2 is 1.90 bits per heavy atom. The highest BCUT2D eigenvalue weighted by Gasteiger charge is 2.52. The van der Waals surface area contributed by atoms with Crippen molar-refractivity contribution >= 4 is 15.6 Å². The van der Waals surface area contributed by atoms with E-state index in [2.05, 4.69) is 36.2 Å². The van der Waals surface area contributed by atoms with Gasteiger partial charge in [-0.05, 0) is 68.1 Å². The molecule has 0 amide bonds. The molecule has 9 heteroatoms. The molecule has 2 aliphatic carbocycles. The summed E-state index contributed by atoms with van der Waals surface area (Å²) < 4.78 is 29.6. The summed E-state index contributed by atoms with van der Waals surface area (Å²) in [5, 5.41) is 0. The van der Waals surface area contributed by atoms with Crippen LogP contribution >= 0.6 is 15.6 Å². The Balaban J connectivity index is 1.97. The number of fused-ring (bicyclic) bond motifs is 1. The van der Waals surface area contributed by atoms with Crippen molar-refractivity contribution in [2.45, 2.75) is 72.6 Å². The van der Waals surface area contributed by atoms with Crippen LogP contribution in [0.1, 0.15) is 72.6 Å². The molecule has 2 rings (SSSR count). The van der Waals surface area contributed by atoms with Crippen molar-refractivity contribution in [1.82, 2.24) is 0 Å². The predicted octanol–water partition coefficient (Wildman–Crippen LogP) is 3.84. The van der Waals surface area contributed by atoms with Gasteiger partial charge in [0, 0.05) is 0 Å². The molecular weight excluding hydrogens is 414 g/mol. The first-order valence-electron chi connectivity index (χ1n) is 10.2. The first-order chi connectivity index (χ1) is 13.2. The Morgan fingerprint density at radius 3 is 2.52 bits per heavy atom. The molecule has 29 heavy (non-hydrogen) atoms. The maximum Gasteiger partial charge on any atom is 0.272 e. The normalized spacial score (nSPS) is 32.5. The Bertz CT molecular complexity index is 739. The lowest BCUT2D eigenvalue weighted by molar-refractivity contribution is -0.339. The molecule has 4 atom stereocenters. The lowest BCUT2D eigenvalue weighted by atomic mass is 9.47. The quantitative estimate of drug-likeness (QED) is 0.409. The maximum absolute atomic E-state index is 11.3. The van der Waals surface area contributed by atoms with Gasteiger partial charge in [0.15, 0.2) is 0 Å². The van der Waals surface area contributed by atoms with Gasteiger partial charge in [-0.3, -0.25) is 8.88 Å². The van der Waals surface area contributed by atoms with Crippen molar-refractivity contribution in [2.24, 2.45) is 22.7 Å². The van der Waals surface area contributed by atoms with Crippen LogP contribution < -0.4 is 14.7 Å². The number of allylic oxidation sites excluding steroid dienone is 2. The molecule has 168 valence electrons. The first-order valence-corrected chi connectivity index (χ1v) is 13.1. The van der Waals surface area contributed by atoms with Crippen molar-refractivity contribution in [1.29, 1.82) is 0 Å². The van der Waals surface area contributed by atoms with Crippen LogP contribution in [0.25, 0.3) is 0 Å². The van der Waals surface area contributed by atoms with Gasteiger partial charge in [0.25, 0.3) is 7.82 Å². The van der Waals surface area contributed by atoms with E-state index >= 15 is 0 Å². The third-order valence-electron chi connectivity index (χ3n) is 7.01. The second-order valence-electron chi connectivity index (χ2n) is 9.51.